The van der Waals surface area contributed by atoms with E-state index in [0.29, 0.717) is 18.2 Å². The summed E-state index contributed by atoms with van der Waals surface area (Å²) in [7, 11) is 0. The lowest BCUT2D eigenvalue weighted by Gasteiger charge is -2.21. The van der Waals surface area contributed by atoms with Crippen LogP contribution in [-0.2, 0) is 4.79 Å². The summed E-state index contributed by atoms with van der Waals surface area (Å²) in [5, 5.41) is 8.29. The molecule has 122 valence electrons. The fourth-order valence-electron chi connectivity index (χ4n) is 2.97. The minimum Gasteiger partial charge on any atom is -0.418 e. The first-order valence-electron chi connectivity index (χ1n) is 8.33. The predicted octanol–water partition coefficient (Wildman–Crippen LogP) is 3.38. The molecule has 1 unspecified atom stereocenters. The fourth-order valence-corrected chi connectivity index (χ4v) is 2.97. The molecular weight excluding hydrogens is 292 g/mol. The molecule has 0 aliphatic carbocycles. The zero-order valence-electron chi connectivity index (χ0n) is 13.4. The molecule has 2 aromatic rings. The molecule has 0 bridgehead atoms. The van der Waals surface area contributed by atoms with Crippen molar-refractivity contribution in [3.63, 3.8) is 0 Å². The minimum atomic E-state index is -0.0767. The van der Waals surface area contributed by atoms with E-state index in [1.807, 2.05) is 17.0 Å². The molecule has 3 rings (SSSR count). The van der Waals surface area contributed by atoms with E-state index in [1.54, 1.807) is 12.4 Å². The van der Waals surface area contributed by atoms with Gasteiger partial charge in [-0.1, -0.05) is 19.8 Å². The molecule has 1 saturated heterocycles. The number of aromatic nitrogens is 3. The van der Waals surface area contributed by atoms with Gasteiger partial charge in [-0.15, -0.1) is 10.2 Å². The SMILES string of the molecule is CCCCCC(=O)N1CCCC1c1nnc(-c2ccncc2)o1. The number of rotatable bonds is 6. The number of carbonyl (C=O) groups is 1. The molecule has 1 aliphatic rings. The molecule has 1 aliphatic heterocycles. The van der Waals surface area contributed by atoms with E-state index >= 15 is 0 Å². The topological polar surface area (TPSA) is 72.1 Å². The van der Waals surface area contributed by atoms with Crippen LogP contribution in [0.3, 0.4) is 0 Å². The van der Waals surface area contributed by atoms with Crippen LogP contribution >= 0.6 is 0 Å². The zero-order valence-corrected chi connectivity index (χ0v) is 13.4. The van der Waals surface area contributed by atoms with Gasteiger partial charge in [0, 0.05) is 30.9 Å². The minimum absolute atomic E-state index is 0.0767. The molecule has 0 saturated carbocycles. The first-order valence-corrected chi connectivity index (χ1v) is 8.33. The number of hydrogen-bond donors (Lipinski definition) is 0. The van der Waals surface area contributed by atoms with E-state index in [0.717, 1.165) is 44.2 Å². The third kappa shape index (κ3) is 3.57. The van der Waals surface area contributed by atoms with Gasteiger partial charge in [0.05, 0.1) is 0 Å². The van der Waals surface area contributed by atoms with Gasteiger partial charge in [0.1, 0.15) is 6.04 Å². The van der Waals surface area contributed by atoms with Gasteiger partial charge in [-0.25, -0.2) is 0 Å². The molecule has 23 heavy (non-hydrogen) atoms. The number of hydrogen-bond acceptors (Lipinski definition) is 5. The number of pyridine rings is 1. The van der Waals surface area contributed by atoms with E-state index in [4.69, 9.17) is 4.42 Å². The second-order valence-electron chi connectivity index (χ2n) is 5.88. The van der Waals surface area contributed by atoms with Crippen LogP contribution in [0, 0.1) is 0 Å². The molecule has 0 spiro atoms. The molecule has 6 nitrogen and oxygen atoms in total. The van der Waals surface area contributed by atoms with Crippen molar-refractivity contribution in [1.82, 2.24) is 20.1 Å². The van der Waals surface area contributed by atoms with Crippen LogP contribution in [0.5, 0.6) is 0 Å². The highest BCUT2D eigenvalue weighted by Crippen LogP contribution is 2.33. The van der Waals surface area contributed by atoms with Crippen molar-refractivity contribution in [1.29, 1.82) is 0 Å². The van der Waals surface area contributed by atoms with Gasteiger partial charge in [-0.3, -0.25) is 9.78 Å². The van der Waals surface area contributed by atoms with E-state index in [-0.39, 0.29) is 11.9 Å². The number of amides is 1. The molecule has 0 radical (unpaired) electrons. The van der Waals surface area contributed by atoms with Gasteiger partial charge < -0.3 is 9.32 Å². The highest BCUT2D eigenvalue weighted by atomic mass is 16.4. The Morgan fingerprint density at radius 1 is 1.30 bits per heavy atom. The van der Waals surface area contributed by atoms with Gasteiger partial charge >= 0.3 is 0 Å². The second kappa shape index (κ2) is 7.35. The van der Waals surface area contributed by atoms with Crippen LogP contribution in [0.1, 0.15) is 57.4 Å². The van der Waals surface area contributed by atoms with Crippen molar-refractivity contribution >= 4 is 5.91 Å². The van der Waals surface area contributed by atoms with Gasteiger partial charge in [-0.05, 0) is 31.4 Å². The number of nitrogens with zero attached hydrogens (tertiary/aromatic N) is 4. The normalized spacial score (nSPS) is 17.6. The van der Waals surface area contributed by atoms with Crippen LogP contribution < -0.4 is 0 Å². The monoisotopic (exact) mass is 314 g/mol. The highest BCUT2D eigenvalue weighted by Gasteiger charge is 2.33. The lowest BCUT2D eigenvalue weighted by atomic mass is 10.1. The van der Waals surface area contributed by atoms with Crippen molar-refractivity contribution in [2.45, 2.75) is 51.5 Å². The molecule has 0 N–H and O–H groups in total. The van der Waals surface area contributed by atoms with Gasteiger partial charge in [0.15, 0.2) is 0 Å². The average molecular weight is 314 g/mol. The van der Waals surface area contributed by atoms with Crippen LogP contribution in [0.4, 0.5) is 0 Å². The van der Waals surface area contributed by atoms with Gasteiger partial charge in [0.25, 0.3) is 0 Å². The standard InChI is InChI=1S/C17H22N4O2/c1-2-3-4-7-15(22)21-12-5-6-14(21)17-20-19-16(23-17)13-8-10-18-11-9-13/h8-11,14H,2-7,12H2,1H3. The third-order valence-electron chi connectivity index (χ3n) is 4.22. The van der Waals surface area contributed by atoms with Crippen LogP contribution in [0.15, 0.2) is 28.9 Å². The molecular formula is C17H22N4O2. The highest BCUT2D eigenvalue weighted by molar-refractivity contribution is 5.76. The van der Waals surface area contributed by atoms with Crippen molar-refractivity contribution < 1.29 is 9.21 Å². The maximum Gasteiger partial charge on any atom is 0.247 e. The van der Waals surface area contributed by atoms with E-state index in [2.05, 4.69) is 22.1 Å². The first-order chi connectivity index (χ1) is 11.3. The summed E-state index contributed by atoms with van der Waals surface area (Å²) in [5.74, 6) is 1.22. The van der Waals surface area contributed by atoms with E-state index in [1.165, 1.54) is 0 Å². The van der Waals surface area contributed by atoms with E-state index in [9.17, 15) is 4.79 Å². The van der Waals surface area contributed by atoms with Crippen molar-refractivity contribution in [2.24, 2.45) is 0 Å². The van der Waals surface area contributed by atoms with E-state index < -0.39 is 0 Å². The zero-order chi connectivity index (χ0) is 16.1. The maximum atomic E-state index is 12.4. The summed E-state index contributed by atoms with van der Waals surface area (Å²) in [6, 6.07) is 3.59. The largest absolute Gasteiger partial charge is 0.418 e. The molecule has 1 fully saturated rings. The van der Waals surface area contributed by atoms with Gasteiger partial charge in [-0.2, -0.15) is 0 Å². The summed E-state index contributed by atoms with van der Waals surface area (Å²) in [6.07, 6.45) is 9.03. The Hall–Kier alpha value is -2.24. The van der Waals surface area contributed by atoms with Crippen LogP contribution in [0.2, 0.25) is 0 Å². The van der Waals surface area contributed by atoms with Crippen molar-refractivity contribution in [3.05, 3.63) is 30.4 Å². The quantitative estimate of drug-likeness (QED) is 0.764. The number of carbonyl (C=O) groups excluding carboxylic acids is 1. The molecule has 1 atom stereocenters. The lowest BCUT2D eigenvalue weighted by Crippen LogP contribution is -2.30. The summed E-state index contributed by atoms with van der Waals surface area (Å²) in [5.41, 5.74) is 0.845. The summed E-state index contributed by atoms with van der Waals surface area (Å²) in [4.78, 5) is 18.3. The summed E-state index contributed by atoms with van der Waals surface area (Å²) >= 11 is 0. The smallest absolute Gasteiger partial charge is 0.247 e. The Bertz CT molecular complexity index is 641. The Kier molecular flexibility index (Phi) is 5.00. The molecule has 6 heteroatoms. The fraction of sp³-hybridized carbons (Fsp3) is 0.529. The molecule has 1 amide bonds. The summed E-state index contributed by atoms with van der Waals surface area (Å²) in [6.45, 7) is 2.92. The lowest BCUT2D eigenvalue weighted by molar-refractivity contribution is -0.132. The molecule has 2 aromatic heterocycles. The third-order valence-corrected chi connectivity index (χ3v) is 4.22. The predicted molar refractivity (Wildman–Crippen MR) is 85.4 cm³/mol. The first kappa shape index (κ1) is 15.6. The maximum absolute atomic E-state index is 12.4. The second-order valence-corrected chi connectivity index (χ2v) is 5.88. The Morgan fingerprint density at radius 2 is 2.13 bits per heavy atom. The number of unbranched alkanes of at least 4 members (excludes halogenated alkanes) is 2. The Morgan fingerprint density at radius 3 is 2.91 bits per heavy atom. The van der Waals surface area contributed by atoms with Gasteiger partial charge in [0.2, 0.25) is 17.7 Å². The van der Waals surface area contributed by atoms with Crippen molar-refractivity contribution in [3.8, 4) is 11.5 Å². The molecule has 3 heterocycles. The van der Waals surface area contributed by atoms with Crippen LogP contribution in [0.25, 0.3) is 11.5 Å². The van der Waals surface area contributed by atoms with Crippen molar-refractivity contribution in [2.75, 3.05) is 6.54 Å². The Balaban J connectivity index is 1.71. The average Bonchev–Trinajstić information content (AvgIpc) is 3.25. The number of likely N-dealkylation sites (tertiary alicyclic amines) is 1. The van der Waals surface area contributed by atoms with Crippen LogP contribution in [-0.4, -0.2) is 32.5 Å². The summed E-state index contributed by atoms with van der Waals surface area (Å²) < 4.78 is 5.82. The Labute approximate surface area is 135 Å². The molecule has 0 aromatic carbocycles.